The topological polar surface area (TPSA) is 78.5 Å². The number of carbonyl (C=O) groups excluding carboxylic acids is 3. The lowest BCUT2D eigenvalue weighted by atomic mass is 9.67. The number of amides is 4. The number of fused-ring (bicyclic) bond motifs is 1. The molecule has 4 amide bonds. The first-order chi connectivity index (χ1) is 13.7. The van der Waals surface area contributed by atoms with E-state index in [0.29, 0.717) is 18.8 Å². The van der Waals surface area contributed by atoms with Gasteiger partial charge in [0.05, 0.1) is 6.04 Å². The predicted octanol–water partition coefficient (Wildman–Crippen LogP) is 3.32. The van der Waals surface area contributed by atoms with Crippen molar-refractivity contribution < 1.29 is 14.4 Å². The molecule has 1 heterocycles. The standard InChI is InChI=1S/C23H31N3O3/c1-22(2,3)16-10-12-23(13-11-16)20(28)26(21(29)25-23)14-19(27)24-18-9-8-15-6-4-5-7-17(15)18/h4-7,16,18H,8-14H2,1-3H3,(H,24,27)(H,25,29)/t16?,18-,23?/m0/s1. The third-order valence-electron chi connectivity index (χ3n) is 7.08. The number of aryl methyl sites for hydroxylation is 1. The Morgan fingerprint density at radius 1 is 1.17 bits per heavy atom. The molecule has 29 heavy (non-hydrogen) atoms. The maximum absolute atomic E-state index is 13.1. The van der Waals surface area contributed by atoms with Gasteiger partial charge in [0.2, 0.25) is 5.91 Å². The zero-order chi connectivity index (χ0) is 20.8. The quantitative estimate of drug-likeness (QED) is 0.768. The Kier molecular flexibility index (Phi) is 4.91. The largest absolute Gasteiger partial charge is 0.348 e. The number of carbonyl (C=O) groups is 3. The Morgan fingerprint density at radius 2 is 1.86 bits per heavy atom. The van der Waals surface area contributed by atoms with Gasteiger partial charge in [-0.15, -0.1) is 0 Å². The van der Waals surface area contributed by atoms with Crippen LogP contribution in [0.4, 0.5) is 4.79 Å². The second kappa shape index (κ2) is 7.15. The summed E-state index contributed by atoms with van der Waals surface area (Å²) in [5.41, 5.74) is 1.76. The summed E-state index contributed by atoms with van der Waals surface area (Å²) in [7, 11) is 0. The maximum Gasteiger partial charge on any atom is 0.325 e. The molecule has 0 radical (unpaired) electrons. The fourth-order valence-corrected chi connectivity index (χ4v) is 5.23. The van der Waals surface area contributed by atoms with Crippen LogP contribution in [0.15, 0.2) is 24.3 Å². The normalized spacial score (nSPS) is 29.1. The van der Waals surface area contributed by atoms with E-state index in [1.807, 2.05) is 18.2 Å². The van der Waals surface area contributed by atoms with E-state index >= 15 is 0 Å². The fraction of sp³-hybridized carbons (Fsp3) is 0.609. The van der Waals surface area contributed by atoms with Gasteiger partial charge in [0.15, 0.2) is 0 Å². The van der Waals surface area contributed by atoms with Crippen molar-refractivity contribution in [3.63, 3.8) is 0 Å². The van der Waals surface area contributed by atoms with Gasteiger partial charge < -0.3 is 10.6 Å². The molecular weight excluding hydrogens is 366 g/mol. The minimum Gasteiger partial charge on any atom is -0.348 e. The lowest BCUT2D eigenvalue weighted by Gasteiger charge is -2.40. The summed E-state index contributed by atoms with van der Waals surface area (Å²) in [6.45, 7) is 6.46. The SMILES string of the molecule is CC(C)(C)C1CCC2(CC1)NC(=O)N(CC(=O)N[C@H]1CCc3ccccc31)C2=O. The van der Waals surface area contributed by atoms with Crippen LogP contribution in [0, 0.1) is 11.3 Å². The molecule has 1 aromatic carbocycles. The van der Waals surface area contributed by atoms with E-state index in [1.54, 1.807) is 0 Å². The molecule has 1 saturated heterocycles. The first-order valence-corrected chi connectivity index (χ1v) is 10.7. The molecule has 1 aliphatic heterocycles. The number of hydrogen-bond acceptors (Lipinski definition) is 3. The van der Waals surface area contributed by atoms with Crippen molar-refractivity contribution in [1.82, 2.24) is 15.5 Å². The molecule has 0 bridgehead atoms. The highest BCUT2D eigenvalue weighted by Gasteiger charge is 2.53. The van der Waals surface area contributed by atoms with Gasteiger partial charge in [-0.2, -0.15) is 0 Å². The number of rotatable bonds is 3. The van der Waals surface area contributed by atoms with Crippen molar-refractivity contribution >= 4 is 17.8 Å². The van der Waals surface area contributed by atoms with E-state index in [1.165, 1.54) is 5.56 Å². The Hall–Kier alpha value is -2.37. The molecule has 3 aliphatic rings. The minimum atomic E-state index is -0.820. The van der Waals surface area contributed by atoms with Gasteiger partial charge >= 0.3 is 6.03 Å². The van der Waals surface area contributed by atoms with Crippen molar-refractivity contribution in [2.45, 2.75) is 70.9 Å². The summed E-state index contributed by atoms with van der Waals surface area (Å²) in [5.74, 6) is 0.0186. The van der Waals surface area contributed by atoms with Gasteiger partial charge in [-0.05, 0) is 61.0 Å². The summed E-state index contributed by atoms with van der Waals surface area (Å²) < 4.78 is 0. The fourth-order valence-electron chi connectivity index (χ4n) is 5.23. The van der Waals surface area contributed by atoms with Crippen molar-refractivity contribution in [2.24, 2.45) is 11.3 Å². The molecule has 1 saturated carbocycles. The Morgan fingerprint density at radius 3 is 2.55 bits per heavy atom. The molecule has 2 N–H and O–H groups in total. The van der Waals surface area contributed by atoms with Gasteiger partial charge in [0, 0.05) is 0 Å². The number of imide groups is 1. The average molecular weight is 398 g/mol. The smallest absolute Gasteiger partial charge is 0.325 e. The summed E-state index contributed by atoms with van der Waals surface area (Å²) in [4.78, 5) is 39.3. The summed E-state index contributed by atoms with van der Waals surface area (Å²) in [5, 5.41) is 5.92. The number of benzene rings is 1. The molecule has 2 fully saturated rings. The van der Waals surface area contributed by atoms with Crippen LogP contribution >= 0.6 is 0 Å². The van der Waals surface area contributed by atoms with E-state index in [0.717, 1.165) is 36.1 Å². The van der Waals surface area contributed by atoms with Crippen molar-refractivity contribution in [3.8, 4) is 0 Å². The molecule has 2 aliphatic carbocycles. The first-order valence-electron chi connectivity index (χ1n) is 10.7. The summed E-state index contributed by atoms with van der Waals surface area (Å²) >= 11 is 0. The van der Waals surface area contributed by atoms with Crippen LogP contribution in [0.25, 0.3) is 0 Å². The number of urea groups is 1. The van der Waals surface area contributed by atoms with Crippen LogP contribution in [0.5, 0.6) is 0 Å². The van der Waals surface area contributed by atoms with E-state index in [9.17, 15) is 14.4 Å². The van der Waals surface area contributed by atoms with E-state index < -0.39 is 11.6 Å². The van der Waals surface area contributed by atoms with Crippen LogP contribution in [-0.2, 0) is 16.0 Å². The van der Waals surface area contributed by atoms with Crippen molar-refractivity contribution in [3.05, 3.63) is 35.4 Å². The zero-order valence-electron chi connectivity index (χ0n) is 17.6. The monoisotopic (exact) mass is 397 g/mol. The van der Waals surface area contributed by atoms with Crippen molar-refractivity contribution in [1.29, 1.82) is 0 Å². The third-order valence-corrected chi connectivity index (χ3v) is 7.08. The van der Waals surface area contributed by atoms with Gasteiger partial charge in [0.25, 0.3) is 5.91 Å². The van der Waals surface area contributed by atoms with Crippen LogP contribution in [0.2, 0.25) is 0 Å². The second-order valence-electron chi connectivity index (χ2n) is 9.90. The highest BCUT2D eigenvalue weighted by molar-refractivity contribution is 6.09. The summed E-state index contributed by atoms with van der Waals surface area (Å²) in [6.07, 6.45) is 4.90. The number of hydrogen-bond donors (Lipinski definition) is 2. The first kappa shape index (κ1) is 19.9. The van der Waals surface area contributed by atoms with Gasteiger partial charge in [-0.1, -0.05) is 45.0 Å². The van der Waals surface area contributed by atoms with Gasteiger partial charge in [0.1, 0.15) is 12.1 Å². The van der Waals surface area contributed by atoms with E-state index in [-0.39, 0.29) is 29.8 Å². The predicted molar refractivity (Wildman–Crippen MR) is 110 cm³/mol. The lowest BCUT2D eigenvalue weighted by molar-refractivity contribution is -0.136. The lowest BCUT2D eigenvalue weighted by Crippen LogP contribution is -2.51. The average Bonchev–Trinajstić information content (AvgIpc) is 3.16. The molecule has 0 unspecified atom stereocenters. The number of nitrogens with one attached hydrogen (secondary N) is 2. The van der Waals surface area contributed by atoms with Crippen LogP contribution in [0.3, 0.4) is 0 Å². The van der Waals surface area contributed by atoms with Gasteiger partial charge in [-0.25, -0.2) is 4.79 Å². The minimum absolute atomic E-state index is 0.0457. The Bertz CT molecular complexity index is 834. The molecule has 0 aromatic heterocycles. The molecule has 1 atom stereocenters. The molecule has 4 rings (SSSR count). The molecule has 6 heteroatoms. The Labute approximate surface area is 172 Å². The highest BCUT2D eigenvalue weighted by Crippen LogP contribution is 2.43. The Balaban J connectivity index is 1.38. The molecule has 6 nitrogen and oxygen atoms in total. The molecule has 156 valence electrons. The van der Waals surface area contributed by atoms with Crippen LogP contribution in [-0.4, -0.2) is 34.8 Å². The van der Waals surface area contributed by atoms with Crippen LogP contribution in [0.1, 0.15) is 70.0 Å². The summed E-state index contributed by atoms with van der Waals surface area (Å²) in [6, 6.07) is 7.60. The second-order valence-corrected chi connectivity index (χ2v) is 9.90. The van der Waals surface area contributed by atoms with Gasteiger partial charge in [-0.3, -0.25) is 14.5 Å². The zero-order valence-corrected chi connectivity index (χ0v) is 17.6. The van der Waals surface area contributed by atoms with Crippen LogP contribution < -0.4 is 10.6 Å². The third kappa shape index (κ3) is 3.65. The number of nitrogens with zero attached hydrogens (tertiary/aromatic N) is 1. The van der Waals surface area contributed by atoms with E-state index in [4.69, 9.17) is 0 Å². The molecule has 1 spiro atoms. The molecule has 1 aromatic rings. The highest BCUT2D eigenvalue weighted by atomic mass is 16.2. The molecular formula is C23H31N3O3. The van der Waals surface area contributed by atoms with E-state index in [2.05, 4.69) is 37.5 Å². The maximum atomic E-state index is 13.1. The van der Waals surface area contributed by atoms with Crippen molar-refractivity contribution in [2.75, 3.05) is 6.54 Å².